The molecule has 2 nitrogen and oxygen atoms in total. The lowest BCUT2D eigenvalue weighted by atomic mass is 9.92. The monoisotopic (exact) mass is 259 g/mol. The van der Waals surface area contributed by atoms with Crippen LogP contribution in [0.4, 0.5) is 0 Å². The molecule has 1 aliphatic carbocycles. The number of hydrogen-bond acceptors (Lipinski definition) is 1. The van der Waals surface area contributed by atoms with Crippen molar-refractivity contribution in [1.29, 1.82) is 0 Å². The standard InChI is InChI=1S/C14H26ClNO/c1-3-14(4-2,11-15)16-13(17)12-9-7-5-6-8-10-12/h12H,3-11H2,1-2H3,(H,16,17). The van der Waals surface area contributed by atoms with Crippen molar-refractivity contribution < 1.29 is 4.79 Å². The summed E-state index contributed by atoms with van der Waals surface area (Å²) in [5.74, 6) is 0.966. The van der Waals surface area contributed by atoms with Gasteiger partial charge >= 0.3 is 0 Å². The molecule has 1 fully saturated rings. The number of carbonyl (C=O) groups excluding carboxylic acids is 1. The summed E-state index contributed by atoms with van der Waals surface area (Å²) in [5, 5.41) is 3.21. The molecule has 1 rings (SSSR count). The predicted molar refractivity (Wildman–Crippen MR) is 73.4 cm³/mol. The van der Waals surface area contributed by atoms with Crippen molar-refractivity contribution in [3.8, 4) is 0 Å². The van der Waals surface area contributed by atoms with E-state index in [0.29, 0.717) is 5.88 Å². The second-order valence-electron chi connectivity index (χ2n) is 5.30. The highest BCUT2D eigenvalue weighted by Gasteiger charge is 2.30. The highest BCUT2D eigenvalue weighted by atomic mass is 35.5. The van der Waals surface area contributed by atoms with Crippen molar-refractivity contribution in [3.63, 3.8) is 0 Å². The minimum Gasteiger partial charge on any atom is -0.349 e. The van der Waals surface area contributed by atoms with E-state index >= 15 is 0 Å². The smallest absolute Gasteiger partial charge is 0.223 e. The first-order valence-corrected chi connectivity index (χ1v) is 7.59. The molecule has 0 radical (unpaired) electrons. The molecule has 3 heteroatoms. The highest BCUT2D eigenvalue weighted by Crippen LogP contribution is 2.25. The van der Waals surface area contributed by atoms with Crippen LogP contribution in [0.15, 0.2) is 0 Å². The van der Waals surface area contributed by atoms with Gasteiger partial charge in [-0.3, -0.25) is 4.79 Å². The number of halogens is 1. The number of amides is 1. The zero-order chi connectivity index (χ0) is 12.7. The Morgan fingerprint density at radius 1 is 1.18 bits per heavy atom. The molecule has 1 amide bonds. The third-order valence-corrected chi connectivity index (χ3v) is 4.74. The molecular weight excluding hydrogens is 234 g/mol. The van der Waals surface area contributed by atoms with Crippen LogP contribution in [0.3, 0.4) is 0 Å². The fourth-order valence-corrected chi connectivity index (χ4v) is 3.00. The number of alkyl halides is 1. The molecule has 0 aromatic rings. The summed E-state index contributed by atoms with van der Waals surface area (Å²) >= 11 is 6.03. The van der Waals surface area contributed by atoms with Gasteiger partial charge in [0.2, 0.25) is 5.91 Å². The molecule has 0 aromatic heterocycles. The Labute approximate surface area is 110 Å². The predicted octanol–water partition coefficient (Wildman–Crippen LogP) is 3.87. The van der Waals surface area contributed by atoms with E-state index in [1.54, 1.807) is 0 Å². The summed E-state index contributed by atoms with van der Waals surface area (Å²) in [6.45, 7) is 4.19. The van der Waals surface area contributed by atoms with Gasteiger partial charge in [0.15, 0.2) is 0 Å². The van der Waals surface area contributed by atoms with E-state index in [2.05, 4.69) is 19.2 Å². The quantitative estimate of drug-likeness (QED) is 0.589. The van der Waals surface area contributed by atoms with Crippen LogP contribution in [-0.2, 0) is 4.79 Å². The Balaban J connectivity index is 2.56. The minimum atomic E-state index is -0.190. The molecule has 100 valence electrons. The number of rotatable bonds is 5. The molecule has 0 aromatic carbocycles. The van der Waals surface area contributed by atoms with Crippen LogP contribution in [0.2, 0.25) is 0 Å². The maximum absolute atomic E-state index is 12.3. The van der Waals surface area contributed by atoms with Crippen molar-refractivity contribution in [2.75, 3.05) is 5.88 Å². The molecule has 0 saturated heterocycles. The average Bonchev–Trinajstić information content (AvgIpc) is 2.65. The fraction of sp³-hybridized carbons (Fsp3) is 0.929. The van der Waals surface area contributed by atoms with Gasteiger partial charge in [-0.25, -0.2) is 0 Å². The molecule has 0 aliphatic heterocycles. The average molecular weight is 260 g/mol. The first-order chi connectivity index (χ1) is 8.17. The van der Waals surface area contributed by atoms with Crippen molar-refractivity contribution in [2.45, 2.75) is 70.8 Å². The second kappa shape index (κ2) is 7.25. The van der Waals surface area contributed by atoms with Crippen LogP contribution < -0.4 is 5.32 Å². The van der Waals surface area contributed by atoms with Gasteiger partial charge in [0.05, 0.1) is 5.54 Å². The van der Waals surface area contributed by atoms with Gasteiger partial charge in [-0.2, -0.15) is 0 Å². The van der Waals surface area contributed by atoms with E-state index in [9.17, 15) is 4.79 Å². The zero-order valence-corrected chi connectivity index (χ0v) is 12.0. The third-order valence-electron chi connectivity index (χ3n) is 4.22. The third kappa shape index (κ3) is 4.17. The molecule has 0 bridgehead atoms. The van der Waals surface area contributed by atoms with Crippen LogP contribution in [0.25, 0.3) is 0 Å². The van der Waals surface area contributed by atoms with Gasteiger partial charge in [0.25, 0.3) is 0 Å². The van der Waals surface area contributed by atoms with Gasteiger partial charge in [0.1, 0.15) is 0 Å². The van der Waals surface area contributed by atoms with Gasteiger partial charge in [-0.1, -0.05) is 39.5 Å². The van der Waals surface area contributed by atoms with Crippen molar-refractivity contribution in [2.24, 2.45) is 5.92 Å². The van der Waals surface area contributed by atoms with Gasteiger partial charge < -0.3 is 5.32 Å². The molecule has 0 atom stereocenters. The molecule has 1 aliphatic rings. The first kappa shape index (κ1) is 14.8. The lowest BCUT2D eigenvalue weighted by molar-refractivity contribution is -0.127. The van der Waals surface area contributed by atoms with Gasteiger partial charge in [-0.05, 0) is 25.7 Å². The maximum Gasteiger partial charge on any atom is 0.223 e. The lowest BCUT2D eigenvalue weighted by Gasteiger charge is -2.32. The SMILES string of the molecule is CCC(CC)(CCl)NC(=O)C1CCCCCC1. The summed E-state index contributed by atoms with van der Waals surface area (Å²) in [4.78, 5) is 12.3. The van der Waals surface area contributed by atoms with E-state index in [4.69, 9.17) is 11.6 Å². The molecule has 1 saturated carbocycles. The zero-order valence-electron chi connectivity index (χ0n) is 11.2. The van der Waals surface area contributed by atoms with Crippen molar-refractivity contribution >= 4 is 17.5 Å². The molecule has 0 spiro atoms. The van der Waals surface area contributed by atoms with E-state index in [1.807, 2.05) is 0 Å². The molecule has 0 heterocycles. The summed E-state index contributed by atoms with van der Waals surface area (Å²) in [5.41, 5.74) is -0.190. The Bertz CT molecular complexity index is 222. The normalized spacial score (nSPS) is 18.8. The summed E-state index contributed by atoms with van der Waals surface area (Å²) in [6, 6.07) is 0. The minimum absolute atomic E-state index is 0.190. The number of hydrogen-bond donors (Lipinski definition) is 1. The van der Waals surface area contributed by atoms with Crippen LogP contribution in [-0.4, -0.2) is 17.3 Å². The van der Waals surface area contributed by atoms with Crippen LogP contribution in [0.1, 0.15) is 65.2 Å². The largest absolute Gasteiger partial charge is 0.349 e. The molecule has 1 N–H and O–H groups in total. The maximum atomic E-state index is 12.3. The summed E-state index contributed by atoms with van der Waals surface area (Å²) in [7, 11) is 0. The molecular formula is C14H26ClNO. The van der Waals surface area contributed by atoms with Crippen molar-refractivity contribution in [3.05, 3.63) is 0 Å². The van der Waals surface area contributed by atoms with E-state index < -0.39 is 0 Å². The number of nitrogens with one attached hydrogen (secondary N) is 1. The van der Waals surface area contributed by atoms with E-state index in [0.717, 1.165) is 25.7 Å². The van der Waals surface area contributed by atoms with E-state index in [1.165, 1.54) is 25.7 Å². The van der Waals surface area contributed by atoms with Crippen LogP contribution in [0, 0.1) is 5.92 Å². The molecule has 17 heavy (non-hydrogen) atoms. The Kier molecular flexibility index (Phi) is 6.32. The fourth-order valence-electron chi connectivity index (χ4n) is 2.55. The van der Waals surface area contributed by atoms with E-state index in [-0.39, 0.29) is 17.4 Å². The first-order valence-electron chi connectivity index (χ1n) is 7.05. The van der Waals surface area contributed by atoms with Crippen molar-refractivity contribution in [1.82, 2.24) is 5.32 Å². The number of carbonyl (C=O) groups is 1. The van der Waals surface area contributed by atoms with Gasteiger partial charge in [0, 0.05) is 11.8 Å². The van der Waals surface area contributed by atoms with Crippen LogP contribution in [0.5, 0.6) is 0 Å². The molecule has 0 unspecified atom stereocenters. The summed E-state index contributed by atoms with van der Waals surface area (Å²) in [6.07, 6.45) is 8.89. The van der Waals surface area contributed by atoms with Crippen LogP contribution >= 0.6 is 11.6 Å². The summed E-state index contributed by atoms with van der Waals surface area (Å²) < 4.78 is 0. The van der Waals surface area contributed by atoms with Gasteiger partial charge in [-0.15, -0.1) is 11.6 Å². The Morgan fingerprint density at radius 3 is 2.12 bits per heavy atom. The topological polar surface area (TPSA) is 29.1 Å². The highest BCUT2D eigenvalue weighted by molar-refractivity contribution is 6.18. The second-order valence-corrected chi connectivity index (χ2v) is 5.57. The Morgan fingerprint density at radius 2 is 1.71 bits per heavy atom. The lowest BCUT2D eigenvalue weighted by Crippen LogP contribution is -2.51. The Hall–Kier alpha value is -0.240.